The smallest absolute Gasteiger partial charge is 0.416 e. The molecule has 1 heterocycles. The lowest BCUT2D eigenvalue weighted by Gasteiger charge is -2.35. The Labute approximate surface area is 166 Å². The normalized spacial score (nSPS) is 14.6. The van der Waals surface area contributed by atoms with Gasteiger partial charge in [-0.15, -0.1) is 0 Å². The van der Waals surface area contributed by atoms with Crippen molar-refractivity contribution in [3.8, 4) is 5.75 Å². The number of halogens is 3. The van der Waals surface area contributed by atoms with E-state index in [1.54, 1.807) is 41.2 Å². The number of benzene rings is 2. The van der Waals surface area contributed by atoms with Gasteiger partial charge in [-0.05, 0) is 42.0 Å². The standard InChI is InChI=1S/C21H21F3N2O3/c1-29-18-8-4-16(5-9-18)20(28)26-12-10-25(11-13-26)19(27)14-15-2-6-17(7-3-15)21(22,23)24/h2-9H,10-14H2,1H3. The van der Waals surface area contributed by atoms with Crippen LogP contribution in [0.3, 0.4) is 0 Å². The Balaban J connectivity index is 1.53. The van der Waals surface area contributed by atoms with Crippen molar-refractivity contribution < 1.29 is 27.5 Å². The quantitative estimate of drug-likeness (QED) is 0.783. The van der Waals surface area contributed by atoms with Crippen molar-refractivity contribution in [2.75, 3.05) is 33.3 Å². The summed E-state index contributed by atoms with van der Waals surface area (Å²) < 4.78 is 42.9. The van der Waals surface area contributed by atoms with Gasteiger partial charge in [0.2, 0.25) is 5.91 Å². The van der Waals surface area contributed by atoms with Gasteiger partial charge >= 0.3 is 6.18 Å². The summed E-state index contributed by atoms with van der Waals surface area (Å²) in [6.45, 7) is 1.59. The minimum absolute atomic E-state index is 0.0323. The first-order valence-corrected chi connectivity index (χ1v) is 9.15. The lowest BCUT2D eigenvalue weighted by molar-refractivity contribution is -0.137. The first-order chi connectivity index (χ1) is 13.8. The number of alkyl halides is 3. The molecule has 0 spiro atoms. The molecule has 2 aromatic carbocycles. The van der Waals surface area contributed by atoms with Gasteiger partial charge in [-0.3, -0.25) is 9.59 Å². The zero-order chi connectivity index (χ0) is 21.0. The van der Waals surface area contributed by atoms with Crippen molar-refractivity contribution in [1.29, 1.82) is 0 Å². The fourth-order valence-electron chi connectivity index (χ4n) is 3.17. The van der Waals surface area contributed by atoms with E-state index in [1.807, 2.05) is 0 Å². The van der Waals surface area contributed by atoms with Gasteiger partial charge in [0.1, 0.15) is 5.75 Å². The van der Waals surface area contributed by atoms with Crippen molar-refractivity contribution >= 4 is 11.8 Å². The van der Waals surface area contributed by atoms with Crippen LogP contribution in [0.15, 0.2) is 48.5 Å². The first kappa shape index (κ1) is 20.7. The highest BCUT2D eigenvalue weighted by atomic mass is 19.4. The van der Waals surface area contributed by atoms with Crippen LogP contribution in [-0.4, -0.2) is 54.9 Å². The molecule has 0 aliphatic carbocycles. The van der Waals surface area contributed by atoms with Crippen LogP contribution in [0.2, 0.25) is 0 Å². The van der Waals surface area contributed by atoms with Crippen molar-refractivity contribution in [3.63, 3.8) is 0 Å². The fraction of sp³-hybridized carbons (Fsp3) is 0.333. The van der Waals surface area contributed by atoms with Gasteiger partial charge in [0.05, 0.1) is 19.1 Å². The third-order valence-corrected chi connectivity index (χ3v) is 4.89. The highest BCUT2D eigenvalue weighted by molar-refractivity contribution is 5.94. The number of methoxy groups -OCH3 is 1. The van der Waals surface area contributed by atoms with E-state index >= 15 is 0 Å². The number of rotatable bonds is 4. The van der Waals surface area contributed by atoms with Crippen LogP contribution in [0.25, 0.3) is 0 Å². The molecule has 0 bridgehead atoms. The Hall–Kier alpha value is -3.03. The number of amides is 2. The van der Waals surface area contributed by atoms with Crippen molar-refractivity contribution in [2.24, 2.45) is 0 Å². The molecule has 154 valence electrons. The predicted octanol–water partition coefficient (Wildman–Crippen LogP) is 3.24. The second-order valence-corrected chi connectivity index (χ2v) is 6.77. The van der Waals surface area contributed by atoms with E-state index in [2.05, 4.69) is 0 Å². The fourth-order valence-corrected chi connectivity index (χ4v) is 3.17. The van der Waals surface area contributed by atoms with E-state index < -0.39 is 11.7 Å². The summed E-state index contributed by atoms with van der Waals surface area (Å²) in [5, 5.41) is 0. The topological polar surface area (TPSA) is 49.9 Å². The zero-order valence-electron chi connectivity index (χ0n) is 15.9. The second-order valence-electron chi connectivity index (χ2n) is 6.77. The molecule has 5 nitrogen and oxygen atoms in total. The van der Waals surface area contributed by atoms with Gasteiger partial charge in [-0.1, -0.05) is 12.1 Å². The van der Waals surface area contributed by atoms with E-state index in [9.17, 15) is 22.8 Å². The molecule has 1 fully saturated rings. The maximum absolute atomic E-state index is 12.6. The largest absolute Gasteiger partial charge is 0.497 e. The highest BCUT2D eigenvalue weighted by Crippen LogP contribution is 2.29. The molecule has 1 aliphatic rings. The molecule has 2 aromatic rings. The van der Waals surface area contributed by atoms with Gasteiger partial charge in [-0.2, -0.15) is 13.2 Å². The van der Waals surface area contributed by atoms with Gasteiger partial charge in [-0.25, -0.2) is 0 Å². The minimum atomic E-state index is -4.39. The minimum Gasteiger partial charge on any atom is -0.497 e. The van der Waals surface area contributed by atoms with Gasteiger partial charge in [0.25, 0.3) is 5.91 Å². The summed E-state index contributed by atoms with van der Waals surface area (Å²) in [5.74, 6) is 0.393. The summed E-state index contributed by atoms with van der Waals surface area (Å²) in [4.78, 5) is 28.3. The lowest BCUT2D eigenvalue weighted by atomic mass is 10.1. The third kappa shape index (κ3) is 5.07. The zero-order valence-corrected chi connectivity index (χ0v) is 15.9. The highest BCUT2D eigenvalue weighted by Gasteiger charge is 2.30. The maximum Gasteiger partial charge on any atom is 0.416 e. The van der Waals surface area contributed by atoms with E-state index in [1.165, 1.54) is 12.1 Å². The van der Waals surface area contributed by atoms with Crippen LogP contribution in [0, 0.1) is 0 Å². The van der Waals surface area contributed by atoms with Crippen molar-refractivity contribution in [2.45, 2.75) is 12.6 Å². The number of ether oxygens (including phenoxy) is 1. The average molecular weight is 406 g/mol. The summed E-state index contributed by atoms with van der Waals surface area (Å²) in [7, 11) is 1.55. The number of hydrogen-bond donors (Lipinski definition) is 0. The molecule has 3 rings (SSSR count). The SMILES string of the molecule is COc1ccc(C(=O)N2CCN(C(=O)Cc3ccc(C(F)(F)F)cc3)CC2)cc1. The number of carbonyl (C=O) groups is 2. The third-order valence-electron chi connectivity index (χ3n) is 4.89. The Morgan fingerprint density at radius 1 is 0.897 bits per heavy atom. The molecule has 0 atom stereocenters. The molecule has 1 aliphatic heterocycles. The summed E-state index contributed by atoms with van der Waals surface area (Å²) in [6, 6.07) is 11.4. The van der Waals surface area contributed by atoms with Crippen LogP contribution < -0.4 is 4.74 Å². The van der Waals surface area contributed by atoms with Crippen LogP contribution in [0.4, 0.5) is 13.2 Å². The Bertz CT molecular complexity index is 856. The van der Waals surface area contributed by atoms with E-state index in [0.717, 1.165) is 12.1 Å². The van der Waals surface area contributed by atoms with Crippen molar-refractivity contribution in [3.05, 3.63) is 65.2 Å². The number of carbonyl (C=O) groups excluding carboxylic acids is 2. The van der Waals surface area contributed by atoms with E-state index in [0.29, 0.717) is 43.1 Å². The molecule has 8 heteroatoms. The summed E-state index contributed by atoms with van der Waals surface area (Å²) in [5.41, 5.74) is 0.342. The molecule has 0 N–H and O–H groups in total. The van der Waals surface area contributed by atoms with Crippen LogP contribution in [0.1, 0.15) is 21.5 Å². The van der Waals surface area contributed by atoms with Gasteiger partial charge in [0.15, 0.2) is 0 Å². The number of piperazine rings is 1. The Morgan fingerprint density at radius 3 is 1.97 bits per heavy atom. The second kappa shape index (κ2) is 8.55. The molecule has 1 saturated heterocycles. The van der Waals surface area contributed by atoms with Crippen LogP contribution >= 0.6 is 0 Å². The molecule has 0 aromatic heterocycles. The van der Waals surface area contributed by atoms with Gasteiger partial charge < -0.3 is 14.5 Å². The van der Waals surface area contributed by atoms with Crippen LogP contribution in [-0.2, 0) is 17.4 Å². The van der Waals surface area contributed by atoms with Crippen molar-refractivity contribution in [1.82, 2.24) is 9.80 Å². The molecule has 0 radical (unpaired) electrons. The summed E-state index contributed by atoms with van der Waals surface area (Å²) in [6.07, 6.45) is -4.36. The summed E-state index contributed by atoms with van der Waals surface area (Å²) >= 11 is 0. The molecule has 0 saturated carbocycles. The Morgan fingerprint density at radius 2 is 1.45 bits per heavy atom. The molecule has 2 amide bonds. The number of nitrogens with zero attached hydrogens (tertiary/aromatic N) is 2. The molecular formula is C21H21F3N2O3. The predicted molar refractivity (Wildman–Crippen MR) is 101 cm³/mol. The lowest BCUT2D eigenvalue weighted by Crippen LogP contribution is -2.51. The monoisotopic (exact) mass is 406 g/mol. The molecular weight excluding hydrogens is 385 g/mol. The van der Waals surface area contributed by atoms with Gasteiger partial charge in [0, 0.05) is 31.7 Å². The average Bonchev–Trinajstić information content (AvgIpc) is 2.73. The van der Waals surface area contributed by atoms with E-state index in [4.69, 9.17) is 4.74 Å². The molecule has 29 heavy (non-hydrogen) atoms. The first-order valence-electron chi connectivity index (χ1n) is 9.15. The maximum atomic E-state index is 12.6. The number of hydrogen-bond acceptors (Lipinski definition) is 3. The molecule has 0 unspecified atom stereocenters. The van der Waals surface area contributed by atoms with Crippen LogP contribution in [0.5, 0.6) is 5.75 Å². The Kier molecular flexibility index (Phi) is 6.10. The van der Waals surface area contributed by atoms with E-state index in [-0.39, 0.29) is 18.2 Å².